The van der Waals surface area contributed by atoms with Gasteiger partial charge in [-0.15, -0.1) is 0 Å². The third-order valence-corrected chi connectivity index (χ3v) is 4.29. The van der Waals surface area contributed by atoms with Crippen molar-refractivity contribution in [3.63, 3.8) is 0 Å². The van der Waals surface area contributed by atoms with Crippen molar-refractivity contribution in [3.05, 3.63) is 29.8 Å². The molecule has 2 saturated heterocycles. The summed E-state index contributed by atoms with van der Waals surface area (Å²) in [5.41, 5.74) is 2.22. The van der Waals surface area contributed by atoms with Gasteiger partial charge in [-0.2, -0.15) is 0 Å². The van der Waals surface area contributed by atoms with Crippen molar-refractivity contribution >= 4 is 11.7 Å². The lowest BCUT2D eigenvalue weighted by Gasteiger charge is -2.50. The number of nitrogens with one attached hydrogen (secondary N) is 1. The van der Waals surface area contributed by atoms with Crippen LogP contribution >= 0.6 is 0 Å². The van der Waals surface area contributed by atoms with Gasteiger partial charge in [-0.25, -0.2) is 4.79 Å². The van der Waals surface area contributed by atoms with Crippen LogP contribution < -0.4 is 10.2 Å². The second kappa shape index (κ2) is 4.85. The fraction of sp³-hybridized carbons (Fsp3) is 0.533. The smallest absolute Gasteiger partial charge is 0.337 e. The number of hydrogen-bond acceptors (Lipinski definition) is 4. The molecule has 2 aliphatic heterocycles. The fourth-order valence-corrected chi connectivity index (χ4v) is 3.14. The number of methoxy groups -OCH3 is 1. The normalized spacial score (nSPS) is 21.0. The maximum atomic E-state index is 11.6. The number of carbonyl (C=O) groups is 1. The number of hydrogen-bond donors (Lipinski definition) is 1. The molecule has 1 N–H and O–H groups in total. The highest BCUT2D eigenvalue weighted by Gasteiger charge is 2.40. The van der Waals surface area contributed by atoms with E-state index in [1.807, 2.05) is 12.1 Å². The highest BCUT2D eigenvalue weighted by atomic mass is 16.5. The lowest BCUT2D eigenvalue weighted by molar-refractivity contribution is 0.0600. The molecule has 0 radical (unpaired) electrons. The first-order valence-electron chi connectivity index (χ1n) is 6.87. The molecule has 0 unspecified atom stereocenters. The van der Waals surface area contributed by atoms with Crippen molar-refractivity contribution in [2.75, 3.05) is 38.2 Å². The van der Waals surface area contributed by atoms with Gasteiger partial charge in [0, 0.05) is 37.3 Å². The number of benzene rings is 1. The molecule has 102 valence electrons. The van der Waals surface area contributed by atoms with Gasteiger partial charge in [0.25, 0.3) is 0 Å². The number of nitrogens with zero attached hydrogens (tertiary/aromatic N) is 1. The van der Waals surface area contributed by atoms with E-state index < -0.39 is 0 Å². The summed E-state index contributed by atoms with van der Waals surface area (Å²) in [5.74, 6) is -0.265. The van der Waals surface area contributed by atoms with Crippen LogP contribution in [0.15, 0.2) is 24.3 Å². The zero-order valence-electron chi connectivity index (χ0n) is 11.3. The average molecular weight is 260 g/mol. The molecule has 2 aliphatic rings. The Morgan fingerprint density at radius 3 is 2.95 bits per heavy atom. The summed E-state index contributed by atoms with van der Waals surface area (Å²) in [4.78, 5) is 14.0. The molecule has 19 heavy (non-hydrogen) atoms. The second-order valence-corrected chi connectivity index (χ2v) is 5.67. The minimum atomic E-state index is -0.265. The Morgan fingerprint density at radius 2 is 2.26 bits per heavy atom. The Kier molecular flexibility index (Phi) is 3.19. The SMILES string of the molecule is COC(=O)c1cccc(N2CCCC3(CNC3)C2)c1. The molecule has 0 saturated carbocycles. The van der Waals surface area contributed by atoms with Gasteiger partial charge in [0.15, 0.2) is 0 Å². The number of anilines is 1. The van der Waals surface area contributed by atoms with E-state index in [1.165, 1.54) is 20.0 Å². The van der Waals surface area contributed by atoms with Crippen molar-refractivity contribution in [1.29, 1.82) is 0 Å². The number of ether oxygens (including phenoxy) is 1. The molecule has 2 fully saturated rings. The number of carbonyl (C=O) groups excluding carboxylic acids is 1. The third-order valence-electron chi connectivity index (χ3n) is 4.29. The standard InChI is InChI=1S/C15H20N2O2/c1-19-14(18)12-4-2-5-13(8-12)17-7-3-6-15(11-17)9-16-10-15/h2,4-5,8,16H,3,6-7,9-11H2,1H3. The lowest BCUT2D eigenvalue weighted by Crippen LogP contribution is -2.61. The van der Waals surface area contributed by atoms with Gasteiger partial charge in [0.05, 0.1) is 12.7 Å². The zero-order valence-corrected chi connectivity index (χ0v) is 11.3. The summed E-state index contributed by atoms with van der Waals surface area (Å²) in [7, 11) is 1.42. The van der Waals surface area contributed by atoms with Crippen LogP contribution in [0, 0.1) is 5.41 Å². The van der Waals surface area contributed by atoms with Gasteiger partial charge in [-0.1, -0.05) is 6.07 Å². The second-order valence-electron chi connectivity index (χ2n) is 5.67. The summed E-state index contributed by atoms with van der Waals surface area (Å²) in [6.45, 7) is 4.41. The first-order valence-corrected chi connectivity index (χ1v) is 6.87. The molecule has 0 aromatic heterocycles. The van der Waals surface area contributed by atoms with Gasteiger partial charge in [-0.05, 0) is 31.0 Å². The highest BCUT2D eigenvalue weighted by Crippen LogP contribution is 2.35. The number of rotatable bonds is 2. The van der Waals surface area contributed by atoms with E-state index >= 15 is 0 Å². The Bertz CT molecular complexity index is 483. The largest absolute Gasteiger partial charge is 0.465 e. The Morgan fingerprint density at radius 1 is 1.42 bits per heavy atom. The van der Waals surface area contributed by atoms with Crippen LogP contribution in [-0.2, 0) is 4.74 Å². The van der Waals surface area contributed by atoms with E-state index in [2.05, 4.69) is 16.3 Å². The van der Waals surface area contributed by atoms with Crippen LogP contribution in [0.3, 0.4) is 0 Å². The van der Waals surface area contributed by atoms with Gasteiger partial charge in [0.2, 0.25) is 0 Å². The quantitative estimate of drug-likeness (QED) is 0.821. The molecule has 0 amide bonds. The molecule has 0 aliphatic carbocycles. The van der Waals surface area contributed by atoms with E-state index in [9.17, 15) is 4.79 Å². The molecule has 2 heterocycles. The van der Waals surface area contributed by atoms with Gasteiger partial charge < -0.3 is 15.0 Å². The van der Waals surface area contributed by atoms with Crippen LogP contribution in [0.5, 0.6) is 0 Å². The van der Waals surface area contributed by atoms with E-state index in [0.29, 0.717) is 11.0 Å². The Labute approximate surface area is 113 Å². The minimum absolute atomic E-state index is 0.265. The van der Waals surface area contributed by atoms with Crippen LogP contribution in [0.1, 0.15) is 23.2 Å². The van der Waals surface area contributed by atoms with E-state index in [0.717, 1.165) is 31.9 Å². The fourth-order valence-electron chi connectivity index (χ4n) is 3.14. The molecule has 1 aromatic rings. The molecule has 0 atom stereocenters. The Balaban J connectivity index is 1.79. The summed E-state index contributed by atoms with van der Waals surface area (Å²) >= 11 is 0. The van der Waals surface area contributed by atoms with E-state index in [4.69, 9.17) is 4.74 Å². The van der Waals surface area contributed by atoms with E-state index in [1.54, 1.807) is 6.07 Å². The predicted molar refractivity (Wildman–Crippen MR) is 74.5 cm³/mol. The highest BCUT2D eigenvalue weighted by molar-refractivity contribution is 5.90. The average Bonchev–Trinajstić information content (AvgIpc) is 2.45. The van der Waals surface area contributed by atoms with Crippen molar-refractivity contribution < 1.29 is 9.53 Å². The maximum Gasteiger partial charge on any atom is 0.337 e. The molecule has 4 nitrogen and oxygen atoms in total. The third kappa shape index (κ3) is 2.32. The van der Waals surface area contributed by atoms with Crippen molar-refractivity contribution in [1.82, 2.24) is 5.32 Å². The first-order chi connectivity index (χ1) is 9.22. The van der Waals surface area contributed by atoms with Crippen molar-refractivity contribution in [2.24, 2.45) is 5.41 Å². The summed E-state index contributed by atoms with van der Waals surface area (Å²) in [6.07, 6.45) is 2.54. The van der Waals surface area contributed by atoms with E-state index in [-0.39, 0.29) is 5.97 Å². The Hall–Kier alpha value is -1.55. The zero-order chi connectivity index (χ0) is 13.3. The molecular weight excluding hydrogens is 240 g/mol. The minimum Gasteiger partial charge on any atom is -0.465 e. The summed E-state index contributed by atoms with van der Waals surface area (Å²) in [5, 5.41) is 3.38. The van der Waals surface area contributed by atoms with Crippen LogP contribution in [0.4, 0.5) is 5.69 Å². The monoisotopic (exact) mass is 260 g/mol. The molecule has 0 bridgehead atoms. The van der Waals surface area contributed by atoms with Crippen LogP contribution in [0.2, 0.25) is 0 Å². The van der Waals surface area contributed by atoms with Gasteiger partial charge in [0.1, 0.15) is 0 Å². The summed E-state index contributed by atoms with van der Waals surface area (Å²) < 4.78 is 4.78. The molecule has 4 heteroatoms. The van der Waals surface area contributed by atoms with Gasteiger partial charge >= 0.3 is 5.97 Å². The first kappa shape index (κ1) is 12.5. The van der Waals surface area contributed by atoms with Crippen molar-refractivity contribution in [3.8, 4) is 0 Å². The summed E-state index contributed by atoms with van der Waals surface area (Å²) in [6, 6.07) is 7.76. The predicted octanol–water partition coefficient (Wildman–Crippen LogP) is 1.66. The van der Waals surface area contributed by atoms with Crippen LogP contribution in [0.25, 0.3) is 0 Å². The van der Waals surface area contributed by atoms with Gasteiger partial charge in [-0.3, -0.25) is 0 Å². The van der Waals surface area contributed by atoms with Crippen LogP contribution in [-0.4, -0.2) is 39.3 Å². The molecule has 1 aromatic carbocycles. The van der Waals surface area contributed by atoms with Crippen molar-refractivity contribution in [2.45, 2.75) is 12.8 Å². The lowest BCUT2D eigenvalue weighted by atomic mass is 9.75. The number of piperidine rings is 1. The molecule has 1 spiro atoms. The topological polar surface area (TPSA) is 41.6 Å². The maximum absolute atomic E-state index is 11.6. The number of esters is 1. The molecule has 3 rings (SSSR count). The molecular formula is C15H20N2O2.